The third kappa shape index (κ3) is 4.12. The van der Waals surface area contributed by atoms with E-state index in [1.807, 2.05) is 19.1 Å². The minimum atomic E-state index is -0.111. The van der Waals surface area contributed by atoms with Crippen LogP contribution in [0.2, 0.25) is 0 Å². The molecule has 2 atom stereocenters. The number of likely N-dealkylation sites (tertiary alicyclic amines) is 1. The maximum Gasteiger partial charge on any atom is 0.237 e. The number of benzene rings is 1. The van der Waals surface area contributed by atoms with Gasteiger partial charge in [-0.25, -0.2) is 0 Å². The molecule has 4 bridgehead atoms. The molecule has 32 heavy (non-hydrogen) atoms. The zero-order chi connectivity index (χ0) is 22.2. The number of rotatable bonds is 8. The second-order valence-corrected chi connectivity index (χ2v) is 10.5. The zero-order valence-electron chi connectivity index (χ0n) is 19.8. The smallest absolute Gasteiger partial charge is 0.237 e. The second-order valence-electron chi connectivity index (χ2n) is 10.5. The Kier molecular flexibility index (Phi) is 6.35. The highest BCUT2D eigenvalue weighted by atomic mass is 16.5. The Bertz CT molecular complexity index is 801. The summed E-state index contributed by atoms with van der Waals surface area (Å²) in [7, 11) is 3.35. The highest BCUT2D eigenvalue weighted by molar-refractivity contribution is 5.82. The molecular formula is C26H39N3O3. The number of para-hydroxylation sites is 1. The lowest BCUT2D eigenvalue weighted by Crippen LogP contribution is -2.57. The number of carbonyl (C=O) groups is 1. The van der Waals surface area contributed by atoms with Crippen molar-refractivity contribution in [1.82, 2.24) is 15.5 Å². The summed E-state index contributed by atoms with van der Waals surface area (Å²) < 4.78 is 11.2. The molecule has 1 aliphatic heterocycles. The van der Waals surface area contributed by atoms with E-state index < -0.39 is 0 Å². The van der Waals surface area contributed by atoms with Gasteiger partial charge in [-0.05, 0) is 75.2 Å². The van der Waals surface area contributed by atoms with Gasteiger partial charge in [-0.3, -0.25) is 9.69 Å². The van der Waals surface area contributed by atoms with Crippen LogP contribution in [0.1, 0.15) is 51.0 Å². The summed E-state index contributed by atoms with van der Waals surface area (Å²) in [6.45, 7) is 4.23. The first-order chi connectivity index (χ1) is 15.6. The molecule has 5 fully saturated rings. The summed E-state index contributed by atoms with van der Waals surface area (Å²) in [6.07, 6.45) is 8.03. The molecule has 1 amide bonds. The summed E-state index contributed by atoms with van der Waals surface area (Å²) in [5, 5.41) is 7.14. The van der Waals surface area contributed by atoms with E-state index in [4.69, 9.17) is 9.47 Å². The van der Waals surface area contributed by atoms with Gasteiger partial charge < -0.3 is 20.1 Å². The number of amides is 1. The second kappa shape index (κ2) is 9.22. The van der Waals surface area contributed by atoms with Crippen molar-refractivity contribution in [3.05, 3.63) is 23.8 Å². The molecular weight excluding hydrogens is 402 g/mol. The molecule has 6 heteroatoms. The molecule has 2 N–H and O–H groups in total. The lowest BCUT2D eigenvalue weighted by atomic mass is 9.54. The van der Waals surface area contributed by atoms with E-state index in [-0.39, 0.29) is 11.9 Å². The monoisotopic (exact) mass is 441 g/mol. The molecule has 1 saturated heterocycles. The quantitative estimate of drug-likeness (QED) is 0.649. The van der Waals surface area contributed by atoms with Crippen molar-refractivity contribution in [1.29, 1.82) is 0 Å². The van der Waals surface area contributed by atoms with Gasteiger partial charge in [-0.2, -0.15) is 0 Å². The Balaban J connectivity index is 1.31. The first-order valence-electron chi connectivity index (χ1n) is 12.6. The number of carbonyl (C=O) groups excluding carboxylic acids is 1. The molecule has 0 unspecified atom stereocenters. The van der Waals surface area contributed by atoms with Crippen molar-refractivity contribution in [2.75, 3.05) is 27.3 Å². The Hall–Kier alpha value is -1.79. The van der Waals surface area contributed by atoms with Crippen LogP contribution < -0.4 is 20.1 Å². The van der Waals surface area contributed by atoms with Crippen molar-refractivity contribution in [3.8, 4) is 11.5 Å². The molecule has 0 radical (unpaired) electrons. The van der Waals surface area contributed by atoms with Crippen LogP contribution in [-0.4, -0.2) is 56.2 Å². The van der Waals surface area contributed by atoms with Crippen LogP contribution in [0.15, 0.2) is 18.2 Å². The summed E-state index contributed by atoms with van der Waals surface area (Å²) in [5.74, 6) is 5.31. The van der Waals surface area contributed by atoms with Crippen molar-refractivity contribution < 1.29 is 14.3 Å². The van der Waals surface area contributed by atoms with E-state index in [1.165, 1.54) is 32.1 Å². The van der Waals surface area contributed by atoms with Gasteiger partial charge in [0.2, 0.25) is 5.91 Å². The normalized spacial score (nSPS) is 35.8. The summed E-state index contributed by atoms with van der Waals surface area (Å²) in [4.78, 5) is 15.3. The average Bonchev–Trinajstić information content (AvgIpc) is 3.18. The third-order valence-corrected chi connectivity index (χ3v) is 8.57. The van der Waals surface area contributed by atoms with Gasteiger partial charge in [0.25, 0.3) is 0 Å². The molecule has 176 valence electrons. The highest BCUT2D eigenvalue weighted by Gasteiger charge is 2.49. The Labute approximate surface area is 192 Å². The fraction of sp³-hybridized carbons (Fsp3) is 0.731. The molecule has 1 aromatic rings. The number of methoxy groups -OCH3 is 2. The molecule has 5 aliphatic rings. The summed E-state index contributed by atoms with van der Waals surface area (Å²) in [5.41, 5.74) is 1.07. The Morgan fingerprint density at radius 2 is 1.75 bits per heavy atom. The number of hydrogen-bond acceptors (Lipinski definition) is 5. The van der Waals surface area contributed by atoms with Gasteiger partial charge in [0.05, 0.1) is 20.3 Å². The van der Waals surface area contributed by atoms with E-state index in [0.29, 0.717) is 25.2 Å². The average molecular weight is 442 g/mol. The molecule has 6 nitrogen and oxygen atoms in total. The van der Waals surface area contributed by atoms with Crippen LogP contribution in [-0.2, 0) is 11.3 Å². The number of nitrogens with zero attached hydrogens (tertiary/aromatic N) is 1. The van der Waals surface area contributed by atoms with Gasteiger partial charge in [0.15, 0.2) is 11.5 Å². The number of nitrogens with one attached hydrogen (secondary N) is 2. The van der Waals surface area contributed by atoms with E-state index in [0.717, 1.165) is 53.7 Å². The molecule has 1 heterocycles. The fourth-order valence-electron chi connectivity index (χ4n) is 7.53. The summed E-state index contributed by atoms with van der Waals surface area (Å²) in [6, 6.07) is 6.90. The van der Waals surface area contributed by atoms with Crippen LogP contribution in [0.3, 0.4) is 0 Å². The van der Waals surface area contributed by atoms with Gasteiger partial charge in [0, 0.05) is 37.3 Å². The first-order valence-corrected chi connectivity index (χ1v) is 12.6. The Morgan fingerprint density at radius 3 is 2.38 bits per heavy atom. The number of hydrogen-bond donors (Lipinski definition) is 2. The predicted octanol–water partition coefficient (Wildman–Crippen LogP) is 3.20. The maximum atomic E-state index is 13.0. The van der Waals surface area contributed by atoms with E-state index >= 15 is 0 Å². The topological polar surface area (TPSA) is 62.8 Å². The van der Waals surface area contributed by atoms with Crippen molar-refractivity contribution in [2.45, 2.75) is 70.1 Å². The van der Waals surface area contributed by atoms with E-state index in [1.54, 1.807) is 14.2 Å². The third-order valence-electron chi connectivity index (χ3n) is 8.57. The summed E-state index contributed by atoms with van der Waals surface area (Å²) >= 11 is 0. The van der Waals surface area contributed by atoms with E-state index in [2.05, 4.69) is 21.6 Å². The van der Waals surface area contributed by atoms with Crippen molar-refractivity contribution >= 4 is 5.91 Å². The number of likely N-dealkylation sites (N-methyl/N-ethyl adjacent to an activating group) is 1. The maximum absolute atomic E-state index is 13.0. The van der Waals surface area contributed by atoms with Crippen LogP contribution in [0.5, 0.6) is 11.5 Å². The highest BCUT2D eigenvalue weighted by Crippen LogP contribution is 2.54. The molecule has 4 aliphatic carbocycles. The van der Waals surface area contributed by atoms with Crippen LogP contribution in [0.4, 0.5) is 0 Å². The number of ether oxygens (including phenoxy) is 2. The van der Waals surface area contributed by atoms with Crippen LogP contribution in [0, 0.1) is 23.7 Å². The standard InChI is InChI=1S/C26H39N3O3/c1-4-27-26(30)22-13-21(28-24-19-9-16-8-17(11-19)12-20(24)10-16)15-29(22)14-18-6-5-7-23(31-2)25(18)32-3/h5-7,16-17,19-22,24,28H,4,8-15H2,1-3H3,(H,27,30)/t16?,17?,19?,20?,21-,22+,24?/m1/s1. The molecule has 0 spiro atoms. The minimum Gasteiger partial charge on any atom is -0.493 e. The van der Waals surface area contributed by atoms with Crippen molar-refractivity contribution in [3.63, 3.8) is 0 Å². The molecule has 0 aromatic heterocycles. The lowest BCUT2D eigenvalue weighted by Gasteiger charge is -2.55. The molecule has 6 rings (SSSR count). The Morgan fingerprint density at radius 1 is 1.03 bits per heavy atom. The minimum absolute atomic E-state index is 0.111. The molecule has 4 saturated carbocycles. The molecule has 1 aromatic carbocycles. The zero-order valence-corrected chi connectivity index (χ0v) is 19.8. The van der Waals surface area contributed by atoms with E-state index in [9.17, 15) is 4.79 Å². The lowest BCUT2D eigenvalue weighted by molar-refractivity contribution is -0.125. The van der Waals surface area contributed by atoms with Crippen LogP contribution >= 0.6 is 0 Å². The van der Waals surface area contributed by atoms with Gasteiger partial charge in [-0.15, -0.1) is 0 Å². The fourth-order valence-corrected chi connectivity index (χ4v) is 7.53. The first kappa shape index (κ1) is 22.0. The largest absolute Gasteiger partial charge is 0.493 e. The van der Waals surface area contributed by atoms with Crippen molar-refractivity contribution in [2.24, 2.45) is 23.7 Å². The van der Waals surface area contributed by atoms with Gasteiger partial charge >= 0.3 is 0 Å². The van der Waals surface area contributed by atoms with Gasteiger partial charge in [-0.1, -0.05) is 12.1 Å². The van der Waals surface area contributed by atoms with Gasteiger partial charge in [0.1, 0.15) is 0 Å². The predicted molar refractivity (Wildman–Crippen MR) is 125 cm³/mol. The van der Waals surface area contributed by atoms with Crippen LogP contribution in [0.25, 0.3) is 0 Å². The SMILES string of the molecule is CCNC(=O)[C@@H]1C[C@@H](NC2C3CC4CC(C3)CC2C4)CN1Cc1cccc(OC)c1OC.